The van der Waals surface area contributed by atoms with Crippen LogP contribution in [0.15, 0.2) is 24.3 Å². The van der Waals surface area contributed by atoms with Crippen LogP contribution in [0.5, 0.6) is 0 Å². The van der Waals surface area contributed by atoms with Crippen LogP contribution in [0.25, 0.3) is 0 Å². The van der Waals surface area contributed by atoms with E-state index in [1.807, 2.05) is 9.80 Å². The van der Waals surface area contributed by atoms with Gasteiger partial charge in [0.05, 0.1) is 12.1 Å². The SMILES string of the molecule is O=C1OCCN1C1CCC(CCN2CCN(c3cccc(C(F)(F)F)c3)CC2)CC1. The number of alkyl halides is 3. The molecule has 0 unspecified atom stereocenters. The molecule has 0 aromatic heterocycles. The third-order valence-electron chi connectivity index (χ3n) is 6.81. The van der Waals surface area contributed by atoms with Crippen LogP contribution in [0.4, 0.5) is 23.7 Å². The fraction of sp³-hybridized carbons (Fsp3) is 0.682. The molecule has 0 N–H and O–H groups in total. The predicted octanol–water partition coefficient (Wildman–Crippen LogP) is 4.23. The van der Waals surface area contributed by atoms with E-state index in [1.54, 1.807) is 6.07 Å². The highest BCUT2D eigenvalue weighted by Gasteiger charge is 2.33. The summed E-state index contributed by atoms with van der Waals surface area (Å²) in [6.07, 6.45) is 1.12. The molecule has 0 atom stereocenters. The summed E-state index contributed by atoms with van der Waals surface area (Å²) in [5.41, 5.74) is 0.0726. The van der Waals surface area contributed by atoms with Gasteiger partial charge in [0.15, 0.2) is 0 Å². The molecule has 0 radical (unpaired) electrons. The van der Waals surface area contributed by atoms with Crippen molar-refractivity contribution in [1.82, 2.24) is 9.80 Å². The molecule has 8 heteroatoms. The molecular weight excluding hydrogens is 395 g/mol. The van der Waals surface area contributed by atoms with Gasteiger partial charge in [0.1, 0.15) is 6.61 Å². The lowest BCUT2D eigenvalue weighted by Gasteiger charge is -2.38. The van der Waals surface area contributed by atoms with Gasteiger partial charge in [-0.15, -0.1) is 0 Å². The molecule has 3 fully saturated rings. The standard InChI is InChI=1S/C22H30F3N3O2/c23-22(24,25)18-2-1-3-20(16-18)27-12-10-26(11-13-27)9-8-17-4-6-19(7-5-17)28-14-15-30-21(28)29/h1-3,16-17,19H,4-15H2. The zero-order valence-electron chi connectivity index (χ0n) is 17.2. The summed E-state index contributed by atoms with van der Waals surface area (Å²) in [5, 5.41) is 0. The maximum atomic E-state index is 13.0. The molecule has 2 saturated heterocycles. The number of carbonyl (C=O) groups excluding carboxylic acids is 1. The molecule has 1 aromatic carbocycles. The molecule has 3 aliphatic rings. The number of hydrogen-bond donors (Lipinski definition) is 0. The zero-order chi connectivity index (χ0) is 21.1. The van der Waals surface area contributed by atoms with Crippen molar-refractivity contribution in [2.45, 2.75) is 44.3 Å². The molecule has 4 rings (SSSR count). The van der Waals surface area contributed by atoms with Crippen molar-refractivity contribution in [3.05, 3.63) is 29.8 Å². The Kier molecular flexibility index (Phi) is 6.41. The Morgan fingerprint density at radius 2 is 1.73 bits per heavy atom. The largest absolute Gasteiger partial charge is 0.448 e. The lowest BCUT2D eigenvalue weighted by molar-refractivity contribution is -0.137. The van der Waals surface area contributed by atoms with Gasteiger partial charge in [0.2, 0.25) is 0 Å². The van der Waals surface area contributed by atoms with Gasteiger partial charge in [-0.05, 0) is 62.8 Å². The van der Waals surface area contributed by atoms with Gasteiger partial charge in [-0.25, -0.2) is 4.79 Å². The molecule has 0 bridgehead atoms. The van der Waals surface area contributed by atoms with Gasteiger partial charge >= 0.3 is 12.3 Å². The van der Waals surface area contributed by atoms with Crippen molar-refractivity contribution in [3.63, 3.8) is 0 Å². The van der Waals surface area contributed by atoms with Gasteiger partial charge in [-0.1, -0.05) is 6.07 Å². The zero-order valence-corrected chi connectivity index (χ0v) is 17.2. The summed E-state index contributed by atoms with van der Waals surface area (Å²) in [5.74, 6) is 0.696. The number of rotatable bonds is 5. The second kappa shape index (κ2) is 9.04. The Morgan fingerprint density at radius 3 is 2.37 bits per heavy atom. The van der Waals surface area contributed by atoms with Crippen molar-refractivity contribution in [2.75, 3.05) is 50.8 Å². The fourth-order valence-electron chi connectivity index (χ4n) is 4.96. The van der Waals surface area contributed by atoms with E-state index >= 15 is 0 Å². The molecule has 5 nitrogen and oxygen atoms in total. The van der Waals surface area contributed by atoms with Crippen LogP contribution in [-0.4, -0.2) is 67.8 Å². The van der Waals surface area contributed by atoms with Crippen LogP contribution in [0, 0.1) is 5.92 Å². The Bertz CT molecular complexity index is 727. The summed E-state index contributed by atoms with van der Waals surface area (Å²) >= 11 is 0. The second-order valence-corrected chi connectivity index (χ2v) is 8.65. The van der Waals surface area contributed by atoms with E-state index in [2.05, 4.69) is 4.90 Å². The quantitative estimate of drug-likeness (QED) is 0.708. The minimum atomic E-state index is -4.30. The fourth-order valence-corrected chi connectivity index (χ4v) is 4.96. The molecule has 1 aliphatic carbocycles. The first-order valence-corrected chi connectivity index (χ1v) is 11.0. The number of benzene rings is 1. The Morgan fingerprint density at radius 1 is 1.00 bits per heavy atom. The number of cyclic esters (lactones) is 1. The van der Waals surface area contributed by atoms with Gasteiger partial charge in [-0.2, -0.15) is 13.2 Å². The first kappa shape index (κ1) is 21.3. The van der Waals surface area contributed by atoms with Crippen molar-refractivity contribution < 1.29 is 22.7 Å². The maximum absolute atomic E-state index is 13.0. The van der Waals surface area contributed by atoms with E-state index in [0.29, 0.717) is 24.3 Å². The predicted molar refractivity (Wildman–Crippen MR) is 109 cm³/mol. The molecule has 166 valence electrons. The number of amides is 1. The highest BCUT2D eigenvalue weighted by atomic mass is 19.4. The third-order valence-corrected chi connectivity index (χ3v) is 6.81. The van der Waals surface area contributed by atoms with E-state index < -0.39 is 11.7 Å². The van der Waals surface area contributed by atoms with Crippen LogP contribution in [-0.2, 0) is 10.9 Å². The van der Waals surface area contributed by atoms with E-state index in [-0.39, 0.29) is 6.09 Å². The normalized spacial score (nSPS) is 26.2. The van der Waals surface area contributed by atoms with Crippen LogP contribution < -0.4 is 4.90 Å². The van der Waals surface area contributed by atoms with Crippen molar-refractivity contribution in [2.24, 2.45) is 5.92 Å². The smallest absolute Gasteiger partial charge is 0.416 e. The molecule has 1 aromatic rings. The molecular formula is C22H30F3N3O2. The molecule has 30 heavy (non-hydrogen) atoms. The highest BCUT2D eigenvalue weighted by Crippen LogP contribution is 2.33. The number of anilines is 1. The van der Waals surface area contributed by atoms with Gasteiger partial charge in [0.25, 0.3) is 0 Å². The minimum absolute atomic E-state index is 0.155. The molecule has 1 amide bonds. The van der Waals surface area contributed by atoms with E-state index in [9.17, 15) is 18.0 Å². The third kappa shape index (κ3) is 5.02. The topological polar surface area (TPSA) is 36.0 Å². The average Bonchev–Trinajstić information content (AvgIpc) is 3.18. The van der Waals surface area contributed by atoms with Crippen molar-refractivity contribution in [1.29, 1.82) is 0 Å². The Hall–Kier alpha value is -1.96. The molecule has 2 aliphatic heterocycles. The van der Waals surface area contributed by atoms with Crippen molar-refractivity contribution >= 4 is 11.8 Å². The lowest BCUT2D eigenvalue weighted by atomic mass is 9.83. The number of ether oxygens (including phenoxy) is 1. The summed E-state index contributed by atoms with van der Waals surface area (Å²) < 4.78 is 43.9. The number of carbonyl (C=O) groups is 1. The van der Waals surface area contributed by atoms with Gasteiger partial charge in [-0.3, -0.25) is 4.90 Å². The number of halogens is 3. The Balaban J connectivity index is 1.18. The second-order valence-electron chi connectivity index (χ2n) is 8.65. The van der Waals surface area contributed by atoms with E-state index in [4.69, 9.17) is 4.74 Å². The summed E-state index contributed by atoms with van der Waals surface area (Å²) in [7, 11) is 0. The van der Waals surface area contributed by atoms with Crippen LogP contribution in [0.1, 0.15) is 37.7 Å². The average molecular weight is 425 g/mol. The van der Waals surface area contributed by atoms with Crippen LogP contribution >= 0.6 is 0 Å². The first-order valence-electron chi connectivity index (χ1n) is 11.0. The summed E-state index contributed by atoms with van der Waals surface area (Å²) in [4.78, 5) is 18.1. The highest BCUT2D eigenvalue weighted by molar-refractivity contribution is 5.69. The molecule has 1 saturated carbocycles. The molecule has 0 spiro atoms. The van der Waals surface area contributed by atoms with Gasteiger partial charge in [0, 0.05) is 37.9 Å². The monoisotopic (exact) mass is 425 g/mol. The minimum Gasteiger partial charge on any atom is -0.448 e. The lowest BCUT2D eigenvalue weighted by Crippen LogP contribution is -2.47. The number of nitrogens with zero attached hydrogens (tertiary/aromatic N) is 3. The van der Waals surface area contributed by atoms with Gasteiger partial charge < -0.3 is 14.5 Å². The first-order chi connectivity index (χ1) is 14.4. The number of hydrogen-bond acceptors (Lipinski definition) is 4. The molecule has 2 heterocycles. The summed E-state index contributed by atoms with van der Waals surface area (Å²) in [6.45, 7) is 5.56. The van der Waals surface area contributed by atoms with E-state index in [1.165, 1.54) is 12.1 Å². The van der Waals surface area contributed by atoms with Crippen LogP contribution in [0.3, 0.4) is 0 Å². The maximum Gasteiger partial charge on any atom is 0.416 e. The van der Waals surface area contributed by atoms with E-state index in [0.717, 1.165) is 77.4 Å². The van der Waals surface area contributed by atoms with Crippen molar-refractivity contribution in [3.8, 4) is 0 Å². The number of piperazine rings is 1. The Labute approximate surface area is 175 Å². The summed E-state index contributed by atoms with van der Waals surface area (Å²) in [6, 6.07) is 5.97. The van der Waals surface area contributed by atoms with Crippen LogP contribution in [0.2, 0.25) is 0 Å².